The largest absolute Gasteiger partial charge is 0.378 e. The van der Waals surface area contributed by atoms with Crippen LogP contribution in [0.25, 0.3) is 0 Å². The predicted molar refractivity (Wildman–Crippen MR) is 61.2 cm³/mol. The van der Waals surface area contributed by atoms with Gasteiger partial charge in [-0.2, -0.15) is 0 Å². The van der Waals surface area contributed by atoms with Crippen molar-refractivity contribution in [2.75, 3.05) is 19.8 Å². The highest BCUT2D eigenvalue weighted by molar-refractivity contribution is 14.1. The molecule has 14 heavy (non-hydrogen) atoms. The Balaban J connectivity index is 2.08. The molecule has 5 nitrogen and oxygen atoms in total. The van der Waals surface area contributed by atoms with Gasteiger partial charge in [0, 0.05) is 33.9 Å². The molecular formula is C8H15IN2O3. The van der Waals surface area contributed by atoms with E-state index in [0.717, 1.165) is 19.8 Å². The molecule has 1 saturated heterocycles. The molecule has 0 aromatic heterocycles. The van der Waals surface area contributed by atoms with E-state index in [1.165, 1.54) is 0 Å². The Kier molecular flexibility index (Phi) is 5.04. The molecular weight excluding hydrogens is 299 g/mol. The molecule has 1 aliphatic heterocycles. The lowest BCUT2D eigenvalue weighted by atomic mass is 10.1. The summed E-state index contributed by atoms with van der Waals surface area (Å²) < 4.78 is 4.54. The fraction of sp³-hybridized carbons (Fsp3) is 1.00. The minimum Gasteiger partial charge on any atom is -0.378 e. The SMILES string of the molecule is CC(CNC1COC1)CC(I)[N+](=O)[O-]. The number of rotatable bonds is 6. The molecule has 1 rings (SSSR count). The maximum absolute atomic E-state index is 10.4. The molecule has 0 radical (unpaired) electrons. The smallest absolute Gasteiger partial charge is 0.261 e. The molecule has 0 bridgehead atoms. The van der Waals surface area contributed by atoms with Crippen LogP contribution in [0.5, 0.6) is 0 Å². The molecule has 2 atom stereocenters. The maximum Gasteiger partial charge on any atom is 0.261 e. The van der Waals surface area contributed by atoms with Gasteiger partial charge in [0.05, 0.1) is 19.3 Å². The van der Waals surface area contributed by atoms with Crippen LogP contribution in [0, 0.1) is 16.0 Å². The lowest BCUT2D eigenvalue weighted by molar-refractivity contribution is -0.490. The van der Waals surface area contributed by atoms with Crippen LogP contribution in [-0.4, -0.2) is 34.8 Å². The van der Waals surface area contributed by atoms with Crippen molar-refractivity contribution in [1.29, 1.82) is 0 Å². The fourth-order valence-corrected chi connectivity index (χ4v) is 2.09. The Morgan fingerprint density at radius 3 is 2.79 bits per heavy atom. The normalized spacial score (nSPS) is 21.3. The Labute approximate surface area is 96.9 Å². The fourth-order valence-electron chi connectivity index (χ4n) is 1.22. The number of halogens is 1. The summed E-state index contributed by atoms with van der Waals surface area (Å²) in [5, 5.41) is 13.7. The minimum absolute atomic E-state index is 0.233. The first kappa shape index (κ1) is 12.1. The zero-order valence-corrected chi connectivity index (χ0v) is 10.3. The lowest BCUT2D eigenvalue weighted by Crippen LogP contribution is -2.47. The van der Waals surface area contributed by atoms with E-state index in [2.05, 4.69) is 5.32 Å². The molecule has 1 N–H and O–H groups in total. The molecule has 1 heterocycles. The van der Waals surface area contributed by atoms with E-state index in [0.29, 0.717) is 18.4 Å². The number of nitrogens with one attached hydrogen (secondary N) is 1. The highest BCUT2D eigenvalue weighted by atomic mass is 127. The van der Waals surface area contributed by atoms with E-state index in [1.54, 1.807) is 0 Å². The van der Waals surface area contributed by atoms with Crippen LogP contribution in [0.1, 0.15) is 13.3 Å². The predicted octanol–water partition coefficient (Wildman–Crippen LogP) is 1.04. The number of hydrogen-bond acceptors (Lipinski definition) is 4. The van der Waals surface area contributed by atoms with Gasteiger partial charge >= 0.3 is 0 Å². The molecule has 0 saturated carbocycles. The summed E-state index contributed by atoms with van der Waals surface area (Å²) in [6, 6.07) is 0.459. The van der Waals surface area contributed by atoms with Crippen molar-refractivity contribution in [3.63, 3.8) is 0 Å². The monoisotopic (exact) mass is 314 g/mol. The lowest BCUT2D eigenvalue weighted by Gasteiger charge is -2.28. The van der Waals surface area contributed by atoms with E-state index in [-0.39, 0.29) is 4.92 Å². The Morgan fingerprint density at radius 2 is 2.36 bits per heavy atom. The first-order chi connectivity index (χ1) is 6.59. The number of alkyl halides is 1. The number of ether oxygens (including phenoxy) is 1. The van der Waals surface area contributed by atoms with Gasteiger partial charge in [-0.25, -0.2) is 0 Å². The molecule has 0 aromatic carbocycles. The second kappa shape index (κ2) is 5.82. The van der Waals surface area contributed by atoms with E-state index in [9.17, 15) is 10.1 Å². The first-order valence-corrected chi connectivity index (χ1v) is 5.93. The van der Waals surface area contributed by atoms with Crippen molar-refractivity contribution in [2.24, 2.45) is 5.92 Å². The van der Waals surface area contributed by atoms with Gasteiger partial charge in [-0.15, -0.1) is 0 Å². The van der Waals surface area contributed by atoms with Crippen molar-refractivity contribution in [2.45, 2.75) is 23.4 Å². The quantitative estimate of drug-likeness (QED) is 0.262. The van der Waals surface area contributed by atoms with Crippen LogP contribution >= 0.6 is 22.6 Å². The van der Waals surface area contributed by atoms with E-state index in [1.807, 2.05) is 29.5 Å². The van der Waals surface area contributed by atoms with Crippen molar-refractivity contribution >= 4 is 22.6 Å². The third-order valence-electron chi connectivity index (χ3n) is 2.22. The maximum atomic E-state index is 10.4. The summed E-state index contributed by atoms with van der Waals surface area (Å²) >= 11 is 1.88. The molecule has 6 heteroatoms. The van der Waals surface area contributed by atoms with Gasteiger partial charge in [-0.3, -0.25) is 10.1 Å². The highest BCUT2D eigenvalue weighted by Gasteiger charge is 2.21. The second-order valence-electron chi connectivity index (χ2n) is 3.70. The Bertz CT molecular complexity index is 199. The number of nitrogens with zero attached hydrogens (tertiary/aromatic N) is 1. The molecule has 0 spiro atoms. The standard InChI is InChI=1S/C8H15IN2O3/c1-6(2-8(9)11(12)13)3-10-7-4-14-5-7/h6-8,10H,2-5H2,1H3. The molecule has 2 unspecified atom stereocenters. The van der Waals surface area contributed by atoms with Gasteiger partial charge in [-0.05, 0) is 12.5 Å². The van der Waals surface area contributed by atoms with Gasteiger partial charge in [-0.1, -0.05) is 6.92 Å². The average Bonchev–Trinajstić information content (AvgIpc) is 2.00. The van der Waals surface area contributed by atoms with E-state index >= 15 is 0 Å². The second-order valence-corrected chi connectivity index (χ2v) is 5.14. The third-order valence-corrected chi connectivity index (χ3v) is 3.18. The van der Waals surface area contributed by atoms with Crippen LogP contribution in [0.2, 0.25) is 0 Å². The van der Waals surface area contributed by atoms with Gasteiger partial charge in [0.25, 0.3) is 4.05 Å². The molecule has 82 valence electrons. The summed E-state index contributed by atoms with van der Waals surface area (Å²) in [7, 11) is 0. The van der Waals surface area contributed by atoms with E-state index in [4.69, 9.17) is 4.74 Å². The average molecular weight is 314 g/mol. The van der Waals surface area contributed by atoms with Crippen LogP contribution in [0.15, 0.2) is 0 Å². The molecule has 0 amide bonds. The number of hydrogen-bond donors (Lipinski definition) is 1. The van der Waals surface area contributed by atoms with Crippen molar-refractivity contribution in [3.05, 3.63) is 10.1 Å². The summed E-state index contributed by atoms with van der Waals surface area (Å²) in [5.41, 5.74) is 0. The molecule has 1 fully saturated rings. The summed E-state index contributed by atoms with van der Waals surface area (Å²) in [5.74, 6) is 0.336. The van der Waals surface area contributed by atoms with Crippen molar-refractivity contribution < 1.29 is 9.66 Å². The van der Waals surface area contributed by atoms with Gasteiger partial charge < -0.3 is 10.1 Å². The number of nitro groups is 1. The zero-order chi connectivity index (χ0) is 10.6. The minimum atomic E-state index is -0.470. The summed E-state index contributed by atoms with van der Waals surface area (Å²) in [6.07, 6.45) is 0.619. The van der Waals surface area contributed by atoms with Gasteiger partial charge in [0.2, 0.25) is 0 Å². The van der Waals surface area contributed by atoms with Crippen molar-refractivity contribution in [1.82, 2.24) is 5.32 Å². The highest BCUT2D eigenvalue weighted by Crippen LogP contribution is 2.14. The van der Waals surface area contributed by atoms with Crippen LogP contribution in [0.4, 0.5) is 0 Å². The topological polar surface area (TPSA) is 64.4 Å². The Morgan fingerprint density at radius 1 is 1.71 bits per heavy atom. The third kappa shape index (κ3) is 4.05. The van der Waals surface area contributed by atoms with Crippen LogP contribution in [-0.2, 0) is 4.74 Å². The van der Waals surface area contributed by atoms with E-state index < -0.39 is 4.05 Å². The molecule has 0 aromatic rings. The molecule has 0 aliphatic carbocycles. The van der Waals surface area contributed by atoms with Crippen LogP contribution < -0.4 is 5.32 Å². The molecule has 1 aliphatic rings. The summed E-state index contributed by atoms with van der Waals surface area (Å²) in [4.78, 5) is 10.2. The van der Waals surface area contributed by atoms with Crippen LogP contribution in [0.3, 0.4) is 0 Å². The zero-order valence-electron chi connectivity index (χ0n) is 8.11. The van der Waals surface area contributed by atoms with Gasteiger partial charge in [0.15, 0.2) is 0 Å². The Hall–Kier alpha value is 0.0500. The van der Waals surface area contributed by atoms with Crippen molar-refractivity contribution in [3.8, 4) is 0 Å². The summed E-state index contributed by atoms with van der Waals surface area (Å²) in [6.45, 7) is 4.41. The first-order valence-electron chi connectivity index (χ1n) is 4.68. The van der Waals surface area contributed by atoms with Gasteiger partial charge in [0.1, 0.15) is 0 Å².